The van der Waals surface area contributed by atoms with Gasteiger partial charge in [-0.05, 0) is 18.1 Å². The van der Waals surface area contributed by atoms with Crippen molar-refractivity contribution in [1.82, 2.24) is 15.5 Å². The molecule has 142 valence electrons. The molecule has 1 fully saturated rings. The van der Waals surface area contributed by atoms with Gasteiger partial charge in [0.15, 0.2) is 5.96 Å². The first-order valence-electron chi connectivity index (χ1n) is 9.66. The molecule has 0 unspecified atom stereocenters. The van der Waals surface area contributed by atoms with Crippen LogP contribution >= 0.6 is 0 Å². The number of nitrogens with zero attached hydrogens (tertiary/aromatic N) is 2. The average Bonchev–Trinajstić information content (AvgIpc) is 3.16. The first kappa shape index (κ1) is 19.8. The molecule has 0 aliphatic carbocycles. The van der Waals surface area contributed by atoms with Gasteiger partial charge in [-0.1, -0.05) is 26.7 Å². The Morgan fingerprint density at radius 2 is 1.96 bits per heavy atom. The number of rotatable bonds is 10. The van der Waals surface area contributed by atoms with E-state index in [0.29, 0.717) is 5.92 Å². The van der Waals surface area contributed by atoms with Gasteiger partial charge in [0.05, 0.1) is 19.5 Å². The molecular formula is C19H34N4O2. The van der Waals surface area contributed by atoms with E-state index in [1.54, 1.807) is 6.26 Å². The zero-order valence-corrected chi connectivity index (χ0v) is 15.8. The summed E-state index contributed by atoms with van der Waals surface area (Å²) in [6, 6.07) is 3.94. The highest BCUT2D eigenvalue weighted by atomic mass is 16.5. The Morgan fingerprint density at radius 3 is 2.64 bits per heavy atom. The minimum absolute atomic E-state index is 0.655. The molecule has 0 radical (unpaired) electrons. The highest BCUT2D eigenvalue weighted by Gasteiger charge is 2.10. The van der Waals surface area contributed by atoms with Crippen LogP contribution in [0, 0.1) is 5.92 Å². The van der Waals surface area contributed by atoms with Crippen molar-refractivity contribution in [2.24, 2.45) is 10.9 Å². The molecule has 0 spiro atoms. The van der Waals surface area contributed by atoms with E-state index < -0.39 is 0 Å². The Hall–Kier alpha value is -1.53. The molecule has 0 bridgehead atoms. The topological polar surface area (TPSA) is 62.0 Å². The Bertz CT molecular complexity index is 466. The van der Waals surface area contributed by atoms with Crippen LogP contribution in [-0.4, -0.2) is 63.3 Å². The summed E-state index contributed by atoms with van der Waals surface area (Å²) in [6.07, 6.45) is 4.93. The molecule has 0 atom stereocenters. The average molecular weight is 351 g/mol. The van der Waals surface area contributed by atoms with Crippen LogP contribution in [-0.2, 0) is 11.2 Å². The predicted molar refractivity (Wildman–Crippen MR) is 102 cm³/mol. The lowest BCUT2D eigenvalue weighted by atomic mass is 10.0. The Morgan fingerprint density at radius 1 is 1.20 bits per heavy atom. The minimum Gasteiger partial charge on any atom is -0.469 e. The molecule has 6 nitrogen and oxygen atoms in total. The van der Waals surface area contributed by atoms with Gasteiger partial charge in [0, 0.05) is 45.7 Å². The minimum atomic E-state index is 0.655. The quantitative estimate of drug-likeness (QED) is 0.500. The standard InChI is InChI=1S/C19H34N4O2/c1-3-17(4-2)16-22-19(20-8-7-18-6-5-13-25-18)21-9-10-23-11-14-24-15-12-23/h5-6,13,17H,3-4,7-12,14-16H2,1-2H3,(H2,20,21,22). The van der Waals surface area contributed by atoms with Crippen LogP contribution in [0.15, 0.2) is 27.8 Å². The summed E-state index contributed by atoms with van der Waals surface area (Å²) in [5.74, 6) is 2.56. The number of morpholine rings is 1. The second-order valence-electron chi connectivity index (χ2n) is 6.51. The van der Waals surface area contributed by atoms with Gasteiger partial charge in [-0.15, -0.1) is 0 Å². The van der Waals surface area contributed by atoms with Crippen molar-refractivity contribution in [2.45, 2.75) is 33.1 Å². The third-order valence-electron chi connectivity index (χ3n) is 4.73. The van der Waals surface area contributed by atoms with Crippen LogP contribution in [0.3, 0.4) is 0 Å². The zero-order chi connectivity index (χ0) is 17.7. The van der Waals surface area contributed by atoms with Gasteiger partial charge in [0.2, 0.25) is 0 Å². The lowest BCUT2D eigenvalue weighted by Gasteiger charge is -2.26. The molecule has 2 N–H and O–H groups in total. The number of hydrogen-bond acceptors (Lipinski definition) is 4. The third kappa shape index (κ3) is 7.92. The van der Waals surface area contributed by atoms with Gasteiger partial charge in [0.1, 0.15) is 5.76 Å². The smallest absolute Gasteiger partial charge is 0.191 e. The van der Waals surface area contributed by atoms with Crippen LogP contribution in [0.5, 0.6) is 0 Å². The number of furan rings is 1. The molecule has 1 aliphatic heterocycles. The number of nitrogens with one attached hydrogen (secondary N) is 2. The zero-order valence-electron chi connectivity index (χ0n) is 15.8. The molecule has 0 saturated carbocycles. The van der Waals surface area contributed by atoms with E-state index >= 15 is 0 Å². The van der Waals surface area contributed by atoms with Crippen molar-refractivity contribution in [3.8, 4) is 0 Å². The van der Waals surface area contributed by atoms with Crippen LogP contribution in [0.1, 0.15) is 32.4 Å². The fraction of sp³-hybridized carbons (Fsp3) is 0.737. The Balaban J connectivity index is 1.76. The highest BCUT2D eigenvalue weighted by Crippen LogP contribution is 2.07. The van der Waals surface area contributed by atoms with Crippen molar-refractivity contribution >= 4 is 5.96 Å². The normalized spacial score (nSPS) is 16.4. The lowest BCUT2D eigenvalue weighted by molar-refractivity contribution is 0.0389. The molecule has 1 aromatic rings. The summed E-state index contributed by atoms with van der Waals surface area (Å²) in [5.41, 5.74) is 0. The fourth-order valence-corrected chi connectivity index (χ4v) is 2.86. The molecular weight excluding hydrogens is 316 g/mol. The molecule has 1 aromatic heterocycles. The van der Waals surface area contributed by atoms with Gasteiger partial charge in [-0.25, -0.2) is 0 Å². The van der Waals surface area contributed by atoms with Crippen molar-refractivity contribution in [2.75, 3.05) is 52.5 Å². The van der Waals surface area contributed by atoms with Gasteiger partial charge in [0.25, 0.3) is 0 Å². The summed E-state index contributed by atoms with van der Waals surface area (Å²) in [5, 5.41) is 6.91. The number of hydrogen-bond donors (Lipinski definition) is 2. The second-order valence-corrected chi connectivity index (χ2v) is 6.51. The van der Waals surface area contributed by atoms with E-state index in [1.807, 2.05) is 12.1 Å². The Kier molecular flexibility index (Phi) is 9.44. The van der Waals surface area contributed by atoms with Crippen LogP contribution in [0.2, 0.25) is 0 Å². The summed E-state index contributed by atoms with van der Waals surface area (Å²) < 4.78 is 10.8. The van der Waals surface area contributed by atoms with E-state index in [1.165, 1.54) is 12.8 Å². The van der Waals surface area contributed by atoms with E-state index in [9.17, 15) is 0 Å². The van der Waals surface area contributed by atoms with Crippen LogP contribution in [0.4, 0.5) is 0 Å². The number of ether oxygens (including phenoxy) is 1. The van der Waals surface area contributed by atoms with E-state index in [2.05, 4.69) is 29.4 Å². The first-order chi connectivity index (χ1) is 12.3. The maximum Gasteiger partial charge on any atom is 0.191 e. The molecule has 2 heterocycles. The number of guanidine groups is 1. The largest absolute Gasteiger partial charge is 0.469 e. The maximum atomic E-state index is 5.40. The highest BCUT2D eigenvalue weighted by molar-refractivity contribution is 5.79. The summed E-state index contributed by atoms with van der Waals surface area (Å²) in [4.78, 5) is 7.22. The van der Waals surface area contributed by atoms with Crippen molar-refractivity contribution in [1.29, 1.82) is 0 Å². The van der Waals surface area contributed by atoms with Crippen molar-refractivity contribution in [3.05, 3.63) is 24.2 Å². The fourth-order valence-electron chi connectivity index (χ4n) is 2.86. The Labute approximate surface area is 152 Å². The molecule has 6 heteroatoms. The van der Waals surface area contributed by atoms with Crippen LogP contribution < -0.4 is 10.6 Å². The van der Waals surface area contributed by atoms with Crippen molar-refractivity contribution < 1.29 is 9.15 Å². The second kappa shape index (κ2) is 11.9. The van der Waals surface area contributed by atoms with Crippen LogP contribution in [0.25, 0.3) is 0 Å². The van der Waals surface area contributed by atoms with Gasteiger partial charge in [-0.2, -0.15) is 0 Å². The lowest BCUT2D eigenvalue weighted by Crippen LogP contribution is -2.45. The first-order valence-corrected chi connectivity index (χ1v) is 9.66. The van der Waals surface area contributed by atoms with Gasteiger partial charge >= 0.3 is 0 Å². The monoisotopic (exact) mass is 350 g/mol. The molecule has 0 aromatic carbocycles. The third-order valence-corrected chi connectivity index (χ3v) is 4.73. The van der Waals surface area contributed by atoms with Gasteiger partial charge < -0.3 is 19.8 Å². The SMILES string of the molecule is CCC(CC)CN=C(NCCc1ccco1)NCCN1CCOCC1. The van der Waals surface area contributed by atoms with Gasteiger partial charge in [-0.3, -0.25) is 9.89 Å². The van der Waals surface area contributed by atoms with E-state index in [0.717, 1.165) is 70.6 Å². The molecule has 1 saturated heterocycles. The predicted octanol–water partition coefficient (Wildman–Crippen LogP) is 2.13. The van der Waals surface area contributed by atoms with Crippen molar-refractivity contribution in [3.63, 3.8) is 0 Å². The maximum absolute atomic E-state index is 5.40. The molecule has 25 heavy (non-hydrogen) atoms. The molecule has 0 amide bonds. The summed E-state index contributed by atoms with van der Waals surface area (Å²) >= 11 is 0. The summed E-state index contributed by atoms with van der Waals surface area (Å²) in [6.45, 7) is 11.8. The van der Waals surface area contributed by atoms with E-state index in [4.69, 9.17) is 14.1 Å². The number of aliphatic imine (C=N–C) groups is 1. The summed E-state index contributed by atoms with van der Waals surface area (Å²) in [7, 11) is 0. The van der Waals surface area contributed by atoms with E-state index in [-0.39, 0.29) is 0 Å². The molecule has 2 rings (SSSR count). The molecule has 1 aliphatic rings.